The van der Waals surface area contributed by atoms with E-state index in [-0.39, 0.29) is 0 Å². The fraction of sp³-hybridized carbons (Fsp3) is 0.667. The summed E-state index contributed by atoms with van der Waals surface area (Å²) in [6.07, 6.45) is 3.11. The van der Waals surface area contributed by atoms with Gasteiger partial charge in [-0.15, -0.1) is 0 Å². The first-order chi connectivity index (χ1) is 3.00. The molecule has 0 amide bonds. The van der Waals surface area contributed by atoms with Crippen molar-refractivity contribution in [3.63, 3.8) is 0 Å². The van der Waals surface area contributed by atoms with Gasteiger partial charge in [0, 0.05) is 22.9 Å². The maximum absolute atomic E-state index is 3.93. The first kappa shape index (κ1) is 4.53. The Balaban J connectivity index is 2.26. The number of nitrogens with zero attached hydrogens (tertiary/aromatic N) is 1. The fourth-order valence-electron chi connectivity index (χ4n) is 0.252. The van der Waals surface area contributed by atoms with Crippen molar-refractivity contribution >= 4 is 28.0 Å². The van der Waals surface area contributed by atoms with Gasteiger partial charge in [0.1, 0.15) is 0 Å². The Hall–Kier alpha value is 0.370. The highest BCUT2D eigenvalue weighted by atomic mass is 33.1. The molecule has 0 saturated heterocycles. The predicted octanol–water partition coefficient (Wildman–Crippen LogP) is 1.76. The minimum Gasteiger partial charge on any atom is -0.217 e. The second-order valence-corrected chi connectivity index (χ2v) is 3.13. The smallest absolute Gasteiger partial charge is 0.0430 e. The first-order valence-corrected chi connectivity index (χ1v) is 4.08. The van der Waals surface area contributed by atoms with Crippen molar-refractivity contribution in [3.8, 4) is 0 Å². The molecule has 3 heteroatoms. The summed E-state index contributed by atoms with van der Waals surface area (Å²) in [6.45, 7) is 0. The molecule has 1 aliphatic heterocycles. The Morgan fingerprint density at radius 2 is 2.67 bits per heavy atom. The molecule has 0 spiro atoms. The van der Waals surface area contributed by atoms with Crippen LogP contribution in [0.2, 0.25) is 0 Å². The normalized spacial score (nSPS) is 21.3. The van der Waals surface area contributed by atoms with Gasteiger partial charge >= 0.3 is 0 Å². The molecule has 34 valence electrons. The number of hydrogen-bond donors (Lipinski definition) is 0. The van der Waals surface area contributed by atoms with Crippen LogP contribution in [0.25, 0.3) is 0 Å². The van der Waals surface area contributed by atoms with Crippen LogP contribution < -0.4 is 0 Å². The van der Waals surface area contributed by atoms with E-state index < -0.39 is 0 Å². The van der Waals surface area contributed by atoms with Crippen LogP contribution in [0, 0.1) is 0 Å². The van der Waals surface area contributed by atoms with Crippen LogP contribution in [0.5, 0.6) is 0 Å². The minimum absolute atomic E-state index is 1.15. The molecule has 1 rings (SSSR count). The van der Waals surface area contributed by atoms with Crippen LogP contribution in [-0.2, 0) is 0 Å². The minimum atomic E-state index is 1.15. The average molecular weight is 119 g/mol. The molecule has 0 unspecified atom stereocenters. The molecule has 0 aromatic rings. The van der Waals surface area contributed by atoms with Crippen LogP contribution >= 0.6 is 21.8 Å². The summed E-state index contributed by atoms with van der Waals surface area (Å²) in [7, 11) is 3.39. The average Bonchev–Trinajstić information content (AvgIpc) is 1.72. The van der Waals surface area contributed by atoms with Gasteiger partial charge in [-0.2, -0.15) is 0 Å². The second kappa shape index (κ2) is 2.53. The summed E-state index contributed by atoms with van der Waals surface area (Å²) >= 11 is 0. The highest BCUT2D eigenvalue weighted by Crippen LogP contribution is 2.25. The van der Waals surface area contributed by atoms with Crippen molar-refractivity contribution in [2.45, 2.75) is 6.42 Å². The third kappa shape index (κ3) is 1.22. The first-order valence-electron chi connectivity index (χ1n) is 1.80. The van der Waals surface area contributed by atoms with Crippen LogP contribution in [0.15, 0.2) is 4.40 Å². The Kier molecular flexibility index (Phi) is 1.91. The summed E-state index contributed by atoms with van der Waals surface area (Å²) in [6, 6.07) is 0. The van der Waals surface area contributed by atoms with Crippen LogP contribution in [0.3, 0.4) is 0 Å². The van der Waals surface area contributed by atoms with Crippen molar-refractivity contribution in [2.75, 3.05) is 5.75 Å². The Morgan fingerprint density at radius 1 is 1.67 bits per heavy atom. The Labute approximate surface area is 45.1 Å². The zero-order chi connectivity index (χ0) is 4.24. The maximum atomic E-state index is 3.93. The van der Waals surface area contributed by atoms with Gasteiger partial charge in [0.05, 0.1) is 0 Å². The van der Waals surface area contributed by atoms with Gasteiger partial charge in [0.15, 0.2) is 0 Å². The highest BCUT2D eigenvalue weighted by molar-refractivity contribution is 8.76. The summed E-state index contributed by atoms with van der Waals surface area (Å²) in [4.78, 5) is 0. The molecular weight excluding hydrogens is 114 g/mol. The number of rotatable bonds is 0. The van der Waals surface area contributed by atoms with Gasteiger partial charge in [-0.25, -0.2) is 4.40 Å². The molecule has 0 fully saturated rings. The predicted molar refractivity (Wildman–Crippen MR) is 33.2 cm³/mol. The zero-order valence-corrected chi connectivity index (χ0v) is 4.89. The molecule has 0 aliphatic carbocycles. The van der Waals surface area contributed by atoms with Crippen LogP contribution in [0.1, 0.15) is 6.42 Å². The third-order valence-corrected chi connectivity index (χ3v) is 2.32. The topological polar surface area (TPSA) is 12.4 Å². The molecule has 1 nitrogen and oxygen atoms in total. The molecule has 0 atom stereocenters. The van der Waals surface area contributed by atoms with Gasteiger partial charge < -0.3 is 0 Å². The summed E-state index contributed by atoms with van der Waals surface area (Å²) in [5, 5.41) is 0. The summed E-state index contributed by atoms with van der Waals surface area (Å²) in [5.41, 5.74) is 0. The molecular formula is C3H5NS2. The van der Waals surface area contributed by atoms with Crippen molar-refractivity contribution < 1.29 is 0 Å². The SMILES string of the molecule is C1=NSSCC1. The summed E-state index contributed by atoms with van der Waals surface area (Å²) < 4.78 is 3.93. The van der Waals surface area contributed by atoms with Gasteiger partial charge in [-0.05, 0) is 6.42 Å². The van der Waals surface area contributed by atoms with E-state index >= 15 is 0 Å². The van der Waals surface area contributed by atoms with Crippen molar-refractivity contribution in [1.82, 2.24) is 0 Å². The van der Waals surface area contributed by atoms with E-state index in [1.165, 1.54) is 5.75 Å². The van der Waals surface area contributed by atoms with Gasteiger partial charge in [0.2, 0.25) is 0 Å². The van der Waals surface area contributed by atoms with E-state index in [1.54, 1.807) is 11.0 Å². The van der Waals surface area contributed by atoms with E-state index in [9.17, 15) is 0 Å². The molecule has 0 saturated carbocycles. The van der Waals surface area contributed by atoms with Crippen molar-refractivity contribution in [2.24, 2.45) is 4.40 Å². The van der Waals surface area contributed by atoms with Crippen molar-refractivity contribution in [1.29, 1.82) is 0 Å². The lowest BCUT2D eigenvalue weighted by Gasteiger charge is -1.95. The number of hydrogen-bond acceptors (Lipinski definition) is 3. The van der Waals surface area contributed by atoms with E-state index in [0.29, 0.717) is 0 Å². The fourth-order valence-corrected chi connectivity index (χ4v) is 1.63. The molecule has 0 N–H and O–H groups in total. The van der Waals surface area contributed by atoms with Gasteiger partial charge in [-0.1, -0.05) is 10.8 Å². The molecule has 1 aliphatic rings. The Morgan fingerprint density at radius 3 is 2.83 bits per heavy atom. The standard InChI is InChI=1S/C3H5NS2/c1-2-4-6-5-3-1/h2H,1,3H2. The maximum Gasteiger partial charge on any atom is 0.0430 e. The lowest BCUT2D eigenvalue weighted by atomic mass is 10.5. The second-order valence-electron chi connectivity index (χ2n) is 0.973. The van der Waals surface area contributed by atoms with Crippen LogP contribution in [0.4, 0.5) is 0 Å². The van der Waals surface area contributed by atoms with E-state index in [4.69, 9.17) is 0 Å². The van der Waals surface area contributed by atoms with Gasteiger partial charge in [0.25, 0.3) is 0 Å². The molecule has 0 bridgehead atoms. The molecule has 0 aromatic carbocycles. The largest absolute Gasteiger partial charge is 0.217 e. The van der Waals surface area contributed by atoms with Gasteiger partial charge in [-0.3, -0.25) is 0 Å². The quantitative estimate of drug-likeness (QED) is 0.356. The highest BCUT2D eigenvalue weighted by Gasteiger charge is 1.89. The molecule has 6 heavy (non-hydrogen) atoms. The monoisotopic (exact) mass is 119 g/mol. The third-order valence-electron chi connectivity index (χ3n) is 0.501. The molecule has 0 radical (unpaired) electrons. The van der Waals surface area contributed by atoms with E-state index in [1.807, 2.05) is 17.0 Å². The molecule has 1 heterocycles. The van der Waals surface area contributed by atoms with Crippen LogP contribution in [-0.4, -0.2) is 12.0 Å². The zero-order valence-electron chi connectivity index (χ0n) is 3.26. The van der Waals surface area contributed by atoms with Crippen molar-refractivity contribution in [3.05, 3.63) is 0 Å². The van der Waals surface area contributed by atoms with E-state index in [0.717, 1.165) is 6.42 Å². The summed E-state index contributed by atoms with van der Waals surface area (Å²) in [5.74, 6) is 1.23. The molecule has 0 aromatic heterocycles. The van der Waals surface area contributed by atoms with E-state index in [2.05, 4.69) is 4.40 Å². The lowest BCUT2D eigenvalue weighted by Crippen LogP contribution is -1.80. The lowest BCUT2D eigenvalue weighted by molar-refractivity contribution is 1.36. The Bertz CT molecular complexity index is 53.8.